The fourth-order valence-corrected chi connectivity index (χ4v) is 3.03. The van der Waals surface area contributed by atoms with Gasteiger partial charge in [0.1, 0.15) is 5.69 Å². The minimum Gasteiger partial charge on any atom is -0.461 e. The van der Waals surface area contributed by atoms with Gasteiger partial charge in [-0.1, -0.05) is 6.07 Å². The Labute approximate surface area is 151 Å². The molecule has 0 unspecified atom stereocenters. The molecule has 2 N–H and O–H groups in total. The molecule has 26 heavy (non-hydrogen) atoms. The zero-order valence-electron chi connectivity index (χ0n) is 15.3. The molecule has 0 radical (unpaired) electrons. The van der Waals surface area contributed by atoms with Crippen LogP contribution in [0.15, 0.2) is 18.2 Å². The molecule has 1 atom stereocenters. The molecule has 0 aliphatic carbocycles. The Morgan fingerprint density at radius 3 is 2.73 bits per heavy atom. The van der Waals surface area contributed by atoms with E-state index in [4.69, 9.17) is 14.2 Å². The first-order chi connectivity index (χ1) is 12.4. The van der Waals surface area contributed by atoms with Crippen LogP contribution in [-0.4, -0.2) is 30.3 Å². The summed E-state index contributed by atoms with van der Waals surface area (Å²) in [7, 11) is 0. The van der Waals surface area contributed by atoms with Gasteiger partial charge in [0.25, 0.3) is 5.91 Å². The van der Waals surface area contributed by atoms with Crippen LogP contribution in [0.4, 0.5) is 0 Å². The van der Waals surface area contributed by atoms with Crippen LogP contribution in [0.1, 0.15) is 57.6 Å². The predicted octanol–water partition coefficient (Wildman–Crippen LogP) is 3.03. The van der Waals surface area contributed by atoms with Gasteiger partial charge < -0.3 is 24.5 Å². The number of hydrogen-bond acceptors (Lipinski definition) is 5. The molecule has 7 nitrogen and oxygen atoms in total. The minimum atomic E-state index is -0.462. The summed E-state index contributed by atoms with van der Waals surface area (Å²) < 4.78 is 15.7. The molecule has 3 rings (SSSR count). The first-order valence-electron chi connectivity index (χ1n) is 8.49. The molecule has 1 aromatic carbocycles. The summed E-state index contributed by atoms with van der Waals surface area (Å²) in [5, 5.41) is 2.96. The molecule has 0 saturated carbocycles. The van der Waals surface area contributed by atoms with Crippen LogP contribution in [0.25, 0.3) is 0 Å². The highest BCUT2D eigenvalue weighted by atomic mass is 16.7. The van der Waals surface area contributed by atoms with Crippen molar-refractivity contribution in [2.24, 2.45) is 0 Å². The van der Waals surface area contributed by atoms with Crippen molar-refractivity contribution in [1.82, 2.24) is 10.3 Å². The average molecular weight is 358 g/mol. The molecule has 138 valence electrons. The normalized spacial score (nSPS) is 13.4. The quantitative estimate of drug-likeness (QED) is 0.802. The number of benzene rings is 1. The Balaban J connectivity index is 1.78. The van der Waals surface area contributed by atoms with Gasteiger partial charge in [0.2, 0.25) is 6.79 Å². The Kier molecular flexibility index (Phi) is 4.88. The van der Waals surface area contributed by atoms with Crippen molar-refractivity contribution >= 4 is 11.9 Å². The van der Waals surface area contributed by atoms with Crippen LogP contribution in [-0.2, 0) is 4.74 Å². The zero-order valence-corrected chi connectivity index (χ0v) is 15.3. The van der Waals surface area contributed by atoms with E-state index < -0.39 is 5.97 Å². The number of amides is 1. The van der Waals surface area contributed by atoms with E-state index in [1.807, 2.05) is 25.1 Å². The third-order valence-corrected chi connectivity index (χ3v) is 4.39. The Bertz CT molecular complexity index is 856. The Morgan fingerprint density at radius 2 is 2.00 bits per heavy atom. The number of fused-ring (bicyclic) bond motifs is 1. The number of H-pyrrole nitrogens is 1. The number of aromatic amines is 1. The second kappa shape index (κ2) is 7.11. The van der Waals surface area contributed by atoms with Gasteiger partial charge >= 0.3 is 5.97 Å². The molecule has 0 fully saturated rings. The highest BCUT2D eigenvalue weighted by molar-refractivity contribution is 6.01. The highest BCUT2D eigenvalue weighted by Crippen LogP contribution is 2.34. The molecule has 0 bridgehead atoms. The van der Waals surface area contributed by atoms with Crippen LogP contribution < -0.4 is 14.8 Å². The largest absolute Gasteiger partial charge is 0.461 e. The Morgan fingerprint density at radius 1 is 1.27 bits per heavy atom. The van der Waals surface area contributed by atoms with E-state index in [1.165, 1.54) is 0 Å². The molecular formula is C19H22N2O5. The fraction of sp³-hybridized carbons (Fsp3) is 0.368. The first-order valence-corrected chi connectivity index (χ1v) is 8.49. The number of esters is 1. The van der Waals surface area contributed by atoms with Gasteiger partial charge in [-0.15, -0.1) is 0 Å². The second-order valence-corrected chi connectivity index (χ2v) is 6.15. The van der Waals surface area contributed by atoms with Crippen LogP contribution >= 0.6 is 0 Å². The van der Waals surface area contributed by atoms with Gasteiger partial charge in [-0.05, 0) is 51.0 Å². The molecule has 7 heteroatoms. The zero-order chi connectivity index (χ0) is 18.8. The minimum absolute atomic E-state index is 0.206. The molecule has 1 aliphatic heterocycles. The van der Waals surface area contributed by atoms with E-state index >= 15 is 0 Å². The maximum absolute atomic E-state index is 12.8. The summed E-state index contributed by atoms with van der Waals surface area (Å²) in [5.41, 5.74) is 2.88. The molecular weight excluding hydrogens is 336 g/mol. The van der Waals surface area contributed by atoms with E-state index in [0.717, 1.165) is 5.56 Å². The molecule has 0 saturated heterocycles. The number of aryl methyl sites for hydroxylation is 1. The Hall–Kier alpha value is -2.96. The van der Waals surface area contributed by atoms with Crippen LogP contribution in [0.5, 0.6) is 11.5 Å². The average Bonchev–Trinajstić information content (AvgIpc) is 3.18. The lowest BCUT2D eigenvalue weighted by Gasteiger charge is -2.15. The number of carbonyl (C=O) groups is 2. The van der Waals surface area contributed by atoms with Crippen LogP contribution in [0.3, 0.4) is 0 Å². The van der Waals surface area contributed by atoms with Gasteiger partial charge in [-0.2, -0.15) is 0 Å². The summed E-state index contributed by atoms with van der Waals surface area (Å²) in [6.45, 7) is 7.60. The molecule has 2 aromatic rings. The van der Waals surface area contributed by atoms with E-state index in [2.05, 4.69) is 10.3 Å². The summed E-state index contributed by atoms with van der Waals surface area (Å²) in [4.78, 5) is 27.7. The third kappa shape index (κ3) is 3.24. The van der Waals surface area contributed by atoms with Gasteiger partial charge in [-0.3, -0.25) is 4.79 Å². The highest BCUT2D eigenvalue weighted by Gasteiger charge is 2.24. The predicted molar refractivity (Wildman–Crippen MR) is 94.7 cm³/mol. The van der Waals surface area contributed by atoms with Crippen molar-refractivity contribution in [2.45, 2.75) is 33.7 Å². The van der Waals surface area contributed by atoms with E-state index in [1.54, 1.807) is 20.8 Å². The van der Waals surface area contributed by atoms with Crippen molar-refractivity contribution in [3.63, 3.8) is 0 Å². The summed E-state index contributed by atoms with van der Waals surface area (Å²) in [5.74, 6) is 0.652. The van der Waals surface area contributed by atoms with Crippen molar-refractivity contribution in [1.29, 1.82) is 0 Å². The summed E-state index contributed by atoms with van der Waals surface area (Å²) >= 11 is 0. The topological polar surface area (TPSA) is 89.7 Å². The van der Waals surface area contributed by atoms with Gasteiger partial charge in [0.05, 0.1) is 18.2 Å². The number of nitrogens with one attached hydrogen (secondary N) is 2. The van der Waals surface area contributed by atoms with Crippen LogP contribution in [0, 0.1) is 13.8 Å². The van der Waals surface area contributed by atoms with Crippen LogP contribution in [0.2, 0.25) is 0 Å². The van der Waals surface area contributed by atoms with Gasteiger partial charge in [0, 0.05) is 5.69 Å². The van der Waals surface area contributed by atoms with Gasteiger partial charge in [0.15, 0.2) is 11.5 Å². The molecule has 1 amide bonds. The molecule has 1 aromatic heterocycles. The lowest BCUT2D eigenvalue weighted by Crippen LogP contribution is -2.27. The van der Waals surface area contributed by atoms with E-state index in [0.29, 0.717) is 34.0 Å². The molecule has 0 spiro atoms. The standard InChI is InChI=1S/C19H22N2O5/c1-5-24-19(23)17-10(2)16(12(4)20-17)18(22)21-11(3)13-6-7-14-15(8-13)26-9-25-14/h6-8,11,20H,5,9H2,1-4H3,(H,21,22)/t11-/m1/s1. The summed E-state index contributed by atoms with van der Waals surface area (Å²) in [6.07, 6.45) is 0. The maximum Gasteiger partial charge on any atom is 0.355 e. The fourth-order valence-electron chi connectivity index (χ4n) is 3.03. The van der Waals surface area contributed by atoms with Crippen molar-refractivity contribution in [3.05, 3.63) is 46.3 Å². The number of rotatable bonds is 5. The van der Waals surface area contributed by atoms with E-state index in [9.17, 15) is 9.59 Å². The first kappa shape index (κ1) is 17.8. The second-order valence-electron chi connectivity index (χ2n) is 6.15. The summed E-state index contributed by atoms with van der Waals surface area (Å²) in [6, 6.07) is 5.33. The number of carbonyl (C=O) groups excluding carboxylic acids is 2. The number of aromatic nitrogens is 1. The smallest absolute Gasteiger partial charge is 0.355 e. The van der Waals surface area contributed by atoms with E-state index in [-0.39, 0.29) is 25.3 Å². The number of hydrogen-bond donors (Lipinski definition) is 2. The van der Waals surface area contributed by atoms with Crippen molar-refractivity contribution < 1.29 is 23.8 Å². The SMILES string of the molecule is CCOC(=O)c1[nH]c(C)c(C(=O)N[C@H](C)c2ccc3c(c2)OCO3)c1C. The van der Waals surface area contributed by atoms with Crippen molar-refractivity contribution in [3.8, 4) is 11.5 Å². The third-order valence-electron chi connectivity index (χ3n) is 4.39. The molecule has 2 heterocycles. The monoisotopic (exact) mass is 358 g/mol. The van der Waals surface area contributed by atoms with Crippen molar-refractivity contribution in [2.75, 3.05) is 13.4 Å². The lowest BCUT2D eigenvalue weighted by atomic mass is 10.1. The maximum atomic E-state index is 12.8. The number of ether oxygens (including phenoxy) is 3. The molecule has 1 aliphatic rings. The van der Waals surface area contributed by atoms with Gasteiger partial charge in [-0.25, -0.2) is 4.79 Å². The lowest BCUT2D eigenvalue weighted by molar-refractivity contribution is 0.0519.